The summed E-state index contributed by atoms with van der Waals surface area (Å²) in [6.07, 6.45) is 1.31. The van der Waals surface area contributed by atoms with Gasteiger partial charge < -0.3 is 20.1 Å². The zero-order chi connectivity index (χ0) is 23.3. The third kappa shape index (κ3) is 5.63. The Morgan fingerprint density at radius 1 is 1.03 bits per heavy atom. The van der Waals surface area contributed by atoms with Crippen LogP contribution in [0, 0.1) is 5.92 Å². The first-order chi connectivity index (χ1) is 15.9. The van der Waals surface area contributed by atoms with Crippen molar-refractivity contribution in [3.05, 3.63) is 48.5 Å². The maximum absolute atomic E-state index is 12.8. The number of piperidine rings is 1. The summed E-state index contributed by atoms with van der Waals surface area (Å²) in [5, 5.41) is 5.54. The number of carbonyl (C=O) groups is 2. The van der Waals surface area contributed by atoms with Gasteiger partial charge in [-0.2, -0.15) is 4.31 Å². The first kappa shape index (κ1) is 23.1. The molecule has 2 heterocycles. The highest BCUT2D eigenvalue weighted by atomic mass is 32.2. The van der Waals surface area contributed by atoms with E-state index in [0.717, 1.165) is 0 Å². The molecule has 1 atom stereocenters. The molecule has 0 aliphatic carbocycles. The van der Waals surface area contributed by atoms with E-state index in [1.807, 2.05) is 0 Å². The predicted molar refractivity (Wildman–Crippen MR) is 122 cm³/mol. The van der Waals surface area contributed by atoms with Crippen LogP contribution in [0.2, 0.25) is 0 Å². The van der Waals surface area contributed by atoms with Gasteiger partial charge in [0.25, 0.3) is 0 Å². The van der Waals surface area contributed by atoms with Crippen LogP contribution < -0.4 is 20.1 Å². The first-order valence-corrected chi connectivity index (χ1v) is 12.4. The van der Waals surface area contributed by atoms with E-state index in [4.69, 9.17) is 9.47 Å². The van der Waals surface area contributed by atoms with E-state index in [1.54, 1.807) is 48.5 Å². The average Bonchev–Trinajstić information content (AvgIpc) is 2.84. The van der Waals surface area contributed by atoms with Gasteiger partial charge in [0.05, 0.1) is 10.8 Å². The standard InChI is InChI=1S/C23H27N3O6S/c27-22(25-18-8-9-20-21(15-18)32-14-13-31-20)10-11-24-23(28)17-5-4-12-26(16-17)33(29,30)19-6-2-1-3-7-19/h1-3,6-9,15,17H,4-5,10-14,16H2,(H,24,28)(H,25,27)/t17-/m1/s1. The van der Waals surface area contributed by atoms with Crippen LogP contribution in [-0.4, -0.2) is 57.4 Å². The number of nitrogens with zero attached hydrogens (tertiary/aromatic N) is 1. The Kier molecular flexibility index (Phi) is 7.14. The zero-order valence-corrected chi connectivity index (χ0v) is 19.0. The monoisotopic (exact) mass is 473 g/mol. The van der Waals surface area contributed by atoms with Crippen molar-refractivity contribution in [3.8, 4) is 11.5 Å². The number of nitrogens with one attached hydrogen (secondary N) is 2. The van der Waals surface area contributed by atoms with Gasteiger partial charge in [0, 0.05) is 37.8 Å². The fourth-order valence-corrected chi connectivity index (χ4v) is 5.45. The molecule has 10 heteroatoms. The molecule has 2 aromatic rings. The van der Waals surface area contributed by atoms with Gasteiger partial charge in [-0.25, -0.2) is 8.42 Å². The van der Waals surface area contributed by atoms with E-state index in [9.17, 15) is 18.0 Å². The van der Waals surface area contributed by atoms with Gasteiger partial charge >= 0.3 is 0 Å². The Bertz CT molecular complexity index is 1110. The van der Waals surface area contributed by atoms with Crippen molar-refractivity contribution in [3.63, 3.8) is 0 Å². The lowest BCUT2D eigenvalue weighted by molar-refractivity contribution is -0.126. The van der Waals surface area contributed by atoms with E-state index >= 15 is 0 Å². The number of ether oxygens (including phenoxy) is 2. The third-order valence-electron chi connectivity index (χ3n) is 5.61. The van der Waals surface area contributed by atoms with Crippen molar-refractivity contribution in [1.82, 2.24) is 9.62 Å². The van der Waals surface area contributed by atoms with E-state index < -0.39 is 15.9 Å². The van der Waals surface area contributed by atoms with Gasteiger partial charge in [0.15, 0.2) is 11.5 Å². The number of hydrogen-bond donors (Lipinski definition) is 2. The smallest absolute Gasteiger partial charge is 0.243 e. The van der Waals surface area contributed by atoms with Crippen molar-refractivity contribution in [2.75, 3.05) is 38.2 Å². The quantitative estimate of drug-likeness (QED) is 0.636. The first-order valence-electron chi connectivity index (χ1n) is 11.0. The van der Waals surface area contributed by atoms with Crippen LogP contribution in [0.5, 0.6) is 11.5 Å². The molecule has 0 radical (unpaired) electrons. The van der Waals surface area contributed by atoms with Gasteiger partial charge in [0.1, 0.15) is 13.2 Å². The average molecular weight is 474 g/mol. The molecular formula is C23H27N3O6S. The van der Waals surface area contributed by atoms with Crippen LogP contribution in [0.4, 0.5) is 5.69 Å². The number of sulfonamides is 1. The second-order valence-electron chi connectivity index (χ2n) is 7.96. The Morgan fingerprint density at radius 2 is 1.79 bits per heavy atom. The van der Waals surface area contributed by atoms with Crippen LogP contribution in [0.15, 0.2) is 53.4 Å². The lowest BCUT2D eigenvalue weighted by Gasteiger charge is -2.31. The molecule has 0 bridgehead atoms. The molecule has 0 saturated carbocycles. The summed E-state index contributed by atoms with van der Waals surface area (Å²) in [5.41, 5.74) is 0.588. The molecule has 0 aromatic heterocycles. The SMILES string of the molecule is O=C(CCNC(=O)[C@@H]1CCCN(S(=O)(=O)c2ccccc2)C1)Nc1ccc2c(c1)OCCO2. The van der Waals surface area contributed by atoms with Crippen LogP contribution >= 0.6 is 0 Å². The number of benzene rings is 2. The van der Waals surface area contributed by atoms with Crippen LogP contribution in [0.1, 0.15) is 19.3 Å². The molecule has 0 unspecified atom stereocenters. The molecule has 176 valence electrons. The van der Waals surface area contributed by atoms with Crippen molar-refractivity contribution in [2.24, 2.45) is 5.92 Å². The van der Waals surface area contributed by atoms with Crippen LogP contribution in [0.25, 0.3) is 0 Å². The Hall–Kier alpha value is -3.11. The van der Waals surface area contributed by atoms with Gasteiger partial charge in [-0.1, -0.05) is 18.2 Å². The fourth-order valence-electron chi connectivity index (χ4n) is 3.90. The summed E-state index contributed by atoms with van der Waals surface area (Å²) >= 11 is 0. The summed E-state index contributed by atoms with van der Waals surface area (Å²) in [6.45, 7) is 1.64. The molecule has 1 fully saturated rings. The van der Waals surface area contributed by atoms with E-state index in [1.165, 1.54) is 4.31 Å². The number of carbonyl (C=O) groups excluding carboxylic acids is 2. The predicted octanol–water partition coefficient (Wildman–Crippen LogP) is 2.00. The fraction of sp³-hybridized carbons (Fsp3) is 0.391. The summed E-state index contributed by atoms with van der Waals surface area (Å²) in [7, 11) is -3.63. The second kappa shape index (κ2) is 10.2. The van der Waals surface area contributed by atoms with Gasteiger partial charge in [-0.3, -0.25) is 9.59 Å². The molecule has 2 aliphatic heterocycles. The largest absolute Gasteiger partial charge is 0.486 e. The van der Waals surface area contributed by atoms with Crippen molar-refractivity contribution in [2.45, 2.75) is 24.2 Å². The molecule has 2 aromatic carbocycles. The maximum atomic E-state index is 12.8. The molecule has 4 rings (SSSR count). The summed E-state index contributed by atoms with van der Waals surface area (Å²) in [5.74, 6) is 0.291. The zero-order valence-electron chi connectivity index (χ0n) is 18.2. The van der Waals surface area contributed by atoms with Gasteiger partial charge in [-0.15, -0.1) is 0 Å². The topological polar surface area (TPSA) is 114 Å². The van der Waals surface area contributed by atoms with Crippen molar-refractivity contribution < 1.29 is 27.5 Å². The minimum absolute atomic E-state index is 0.0962. The minimum Gasteiger partial charge on any atom is -0.486 e. The van der Waals surface area contributed by atoms with Gasteiger partial charge in [0.2, 0.25) is 21.8 Å². The summed E-state index contributed by atoms with van der Waals surface area (Å²) in [4.78, 5) is 25.1. The number of fused-ring (bicyclic) bond motifs is 1. The molecular weight excluding hydrogens is 446 g/mol. The molecule has 1 saturated heterocycles. The Balaban J connectivity index is 1.25. The van der Waals surface area contributed by atoms with Crippen LogP contribution in [0.3, 0.4) is 0 Å². The summed E-state index contributed by atoms with van der Waals surface area (Å²) < 4.78 is 38.0. The van der Waals surface area contributed by atoms with E-state index in [-0.39, 0.29) is 36.2 Å². The Labute approximate surface area is 193 Å². The molecule has 0 spiro atoms. The lowest BCUT2D eigenvalue weighted by atomic mass is 9.99. The van der Waals surface area contributed by atoms with E-state index in [0.29, 0.717) is 49.8 Å². The minimum atomic E-state index is -3.63. The van der Waals surface area contributed by atoms with Crippen LogP contribution in [-0.2, 0) is 19.6 Å². The normalized spacial score (nSPS) is 18.4. The number of amides is 2. The molecule has 9 nitrogen and oxygen atoms in total. The molecule has 2 amide bonds. The molecule has 2 aliphatic rings. The Morgan fingerprint density at radius 3 is 2.58 bits per heavy atom. The highest BCUT2D eigenvalue weighted by molar-refractivity contribution is 7.89. The lowest BCUT2D eigenvalue weighted by Crippen LogP contribution is -2.45. The molecule has 33 heavy (non-hydrogen) atoms. The highest BCUT2D eigenvalue weighted by Gasteiger charge is 2.33. The number of rotatable bonds is 7. The second-order valence-corrected chi connectivity index (χ2v) is 9.90. The number of anilines is 1. The number of hydrogen-bond acceptors (Lipinski definition) is 6. The van der Waals surface area contributed by atoms with Crippen molar-refractivity contribution >= 4 is 27.5 Å². The summed E-state index contributed by atoms with van der Waals surface area (Å²) in [6, 6.07) is 13.4. The van der Waals surface area contributed by atoms with Gasteiger partial charge in [-0.05, 0) is 37.1 Å². The van der Waals surface area contributed by atoms with Crippen molar-refractivity contribution in [1.29, 1.82) is 0 Å². The molecule has 2 N–H and O–H groups in total. The maximum Gasteiger partial charge on any atom is 0.243 e. The highest BCUT2D eigenvalue weighted by Crippen LogP contribution is 2.32. The third-order valence-corrected chi connectivity index (χ3v) is 7.49. The van der Waals surface area contributed by atoms with E-state index in [2.05, 4.69) is 10.6 Å².